The minimum atomic E-state index is -0.863. The first-order valence-electron chi connectivity index (χ1n) is 12.1. The lowest BCUT2D eigenvalue weighted by molar-refractivity contribution is -0.132. The predicted molar refractivity (Wildman–Crippen MR) is 128 cm³/mol. The highest BCUT2D eigenvalue weighted by atomic mass is 19.1. The molecule has 2 aliphatic heterocycles. The van der Waals surface area contributed by atoms with Crippen LogP contribution in [0.2, 0.25) is 0 Å². The molecular formula is C27H29FN4O3. The highest BCUT2D eigenvalue weighted by Gasteiger charge is 2.52. The van der Waals surface area contributed by atoms with Gasteiger partial charge in [0.25, 0.3) is 5.91 Å². The van der Waals surface area contributed by atoms with Crippen LogP contribution < -0.4 is 10.6 Å². The van der Waals surface area contributed by atoms with E-state index in [0.29, 0.717) is 24.3 Å². The van der Waals surface area contributed by atoms with E-state index >= 15 is 4.39 Å². The summed E-state index contributed by atoms with van der Waals surface area (Å²) in [5.41, 5.74) is 3.43. The molecule has 2 aromatic rings. The summed E-state index contributed by atoms with van der Waals surface area (Å²) >= 11 is 0. The molecule has 1 amide bonds. The third-order valence-electron chi connectivity index (χ3n) is 7.23. The molecule has 0 aromatic heterocycles. The van der Waals surface area contributed by atoms with Crippen LogP contribution in [-0.2, 0) is 22.4 Å². The lowest BCUT2D eigenvalue weighted by Gasteiger charge is -2.44. The topological polar surface area (TPSA) is 94.5 Å². The van der Waals surface area contributed by atoms with Crippen LogP contribution >= 0.6 is 0 Å². The van der Waals surface area contributed by atoms with Crippen molar-refractivity contribution >= 4 is 11.7 Å². The number of benzene rings is 2. The molecular weight excluding hydrogens is 447 g/mol. The van der Waals surface area contributed by atoms with E-state index in [0.717, 1.165) is 49.2 Å². The van der Waals surface area contributed by atoms with E-state index in [4.69, 9.17) is 4.74 Å². The second-order valence-electron chi connectivity index (χ2n) is 9.95. The molecule has 0 saturated carbocycles. The monoisotopic (exact) mass is 476 g/mol. The van der Waals surface area contributed by atoms with E-state index in [1.807, 2.05) is 31.3 Å². The van der Waals surface area contributed by atoms with Gasteiger partial charge in [-0.05, 0) is 54.8 Å². The van der Waals surface area contributed by atoms with Crippen LogP contribution in [0, 0.1) is 22.6 Å². The smallest absolute Gasteiger partial charge is 0.251 e. The molecule has 7 nitrogen and oxygen atoms in total. The maximum atomic E-state index is 15.0. The van der Waals surface area contributed by atoms with Crippen LogP contribution in [0.15, 0.2) is 36.4 Å². The molecule has 35 heavy (non-hydrogen) atoms. The fourth-order valence-electron chi connectivity index (χ4n) is 5.50. The van der Waals surface area contributed by atoms with Crippen molar-refractivity contribution in [2.24, 2.45) is 5.41 Å². The lowest BCUT2D eigenvalue weighted by Crippen LogP contribution is -2.57. The maximum absolute atomic E-state index is 15.0. The van der Waals surface area contributed by atoms with Crippen molar-refractivity contribution in [1.82, 2.24) is 15.5 Å². The zero-order valence-corrected chi connectivity index (χ0v) is 19.8. The number of nitrogens with one attached hydrogen (secondary N) is 2. The van der Waals surface area contributed by atoms with Gasteiger partial charge in [-0.25, -0.2) is 4.39 Å². The predicted octanol–water partition coefficient (Wildman–Crippen LogP) is 2.09. The first-order chi connectivity index (χ1) is 16.9. The molecule has 0 bridgehead atoms. The van der Waals surface area contributed by atoms with Gasteiger partial charge in [-0.15, -0.1) is 0 Å². The number of hydrogen-bond acceptors (Lipinski definition) is 6. The summed E-state index contributed by atoms with van der Waals surface area (Å²) in [4.78, 5) is 27.5. The zero-order valence-electron chi connectivity index (χ0n) is 19.8. The molecule has 182 valence electrons. The number of nitriles is 1. The van der Waals surface area contributed by atoms with E-state index in [1.165, 1.54) is 6.07 Å². The number of likely N-dealkylation sites (tertiary alicyclic amines) is 1. The third-order valence-corrected chi connectivity index (χ3v) is 7.23. The standard InChI is InChI=1S/C27H29FN4O3/c1-32-15-27(16-32)12-20-9-17(5-6-22(20)25(27)33)18-3-4-19(23(28)11-18)10-21(13-29)31-26(34)24-14-30-7-2-8-35-24/h3-6,9,11,21,24,30H,2,7-8,10,12,14-16H2,1H3,(H,31,34)/t21-,24-/m0/s1. The van der Waals surface area contributed by atoms with Crippen LogP contribution in [0.25, 0.3) is 11.1 Å². The summed E-state index contributed by atoms with van der Waals surface area (Å²) in [6.07, 6.45) is 0.945. The van der Waals surface area contributed by atoms with Gasteiger partial charge >= 0.3 is 0 Å². The van der Waals surface area contributed by atoms with Crippen molar-refractivity contribution in [3.05, 3.63) is 58.9 Å². The van der Waals surface area contributed by atoms with Crippen molar-refractivity contribution in [2.75, 3.05) is 39.8 Å². The Balaban J connectivity index is 1.27. The third kappa shape index (κ3) is 4.59. The Bertz CT molecular complexity index is 1190. The molecule has 1 aliphatic carbocycles. The number of fused-ring (bicyclic) bond motifs is 1. The molecule has 2 heterocycles. The van der Waals surface area contributed by atoms with Crippen molar-refractivity contribution in [2.45, 2.75) is 31.4 Å². The Morgan fingerprint density at radius 1 is 1.31 bits per heavy atom. The minimum Gasteiger partial charge on any atom is -0.367 e. The van der Waals surface area contributed by atoms with Gasteiger partial charge in [0.05, 0.1) is 11.5 Å². The van der Waals surface area contributed by atoms with Gasteiger partial charge in [-0.2, -0.15) is 5.26 Å². The van der Waals surface area contributed by atoms with Gasteiger partial charge < -0.3 is 20.3 Å². The van der Waals surface area contributed by atoms with Crippen molar-refractivity contribution in [3.8, 4) is 17.2 Å². The van der Waals surface area contributed by atoms with Gasteiger partial charge in [0.15, 0.2) is 5.78 Å². The van der Waals surface area contributed by atoms with Gasteiger partial charge in [0, 0.05) is 38.2 Å². The minimum absolute atomic E-state index is 0.0588. The molecule has 0 radical (unpaired) electrons. The fraction of sp³-hybridized carbons (Fsp3) is 0.444. The molecule has 5 rings (SSSR count). The van der Waals surface area contributed by atoms with E-state index < -0.39 is 18.0 Å². The zero-order chi connectivity index (χ0) is 24.6. The number of halogens is 1. The Kier molecular flexibility index (Phi) is 6.41. The molecule has 8 heteroatoms. The van der Waals surface area contributed by atoms with Crippen LogP contribution in [0.5, 0.6) is 0 Å². The molecule has 2 fully saturated rings. The summed E-state index contributed by atoms with van der Waals surface area (Å²) in [7, 11) is 2.02. The van der Waals surface area contributed by atoms with E-state index in [-0.39, 0.29) is 23.5 Å². The number of carbonyl (C=O) groups is 2. The number of Topliss-reactive ketones (excluding diaryl/α,β-unsaturated/α-hetero) is 1. The average molecular weight is 477 g/mol. The quantitative estimate of drug-likeness (QED) is 0.687. The Hall–Kier alpha value is -3.12. The molecule has 2 N–H and O–H groups in total. The van der Waals surface area contributed by atoms with Gasteiger partial charge in [0.1, 0.15) is 18.0 Å². The summed E-state index contributed by atoms with van der Waals surface area (Å²) in [5.74, 6) is -0.586. The maximum Gasteiger partial charge on any atom is 0.251 e. The number of rotatable bonds is 5. The van der Waals surface area contributed by atoms with Crippen molar-refractivity contribution < 1.29 is 18.7 Å². The lowest BCUT2D eigenvalue weighted by atomic mass is 9.76. The SMILES string of the molecule is CN1CC2(Cc3cc(-c4ccc(C[C@@H](C#N)NC(=O)[C@@H]5CNCCCO5)c(F)c4)ccc3C2=O)C1. The number of ether oxygens (including phenoxy) is 1. The number of hydrogen-bond donors (Lipinski definition) is 2. The number of amides is 1. The molecule has 2 saturated heterocycles. The van der Waals surface area contributed by atoms with E-state index in [1.54, 1.807) is 6.07 Å². The molecule has 0 unspecified atom stereocenters. The molecule has 1 spiro atoms. The second-order valence-corrected chi connectivity index (χ2v) is 9.95. The molecule has 2 aromatic carbocycles. The van der Waals surface area contributed by atoms with Crippen LogP contribution in [0.3, 0.4) is 0 Å². The van der Waals surface area contributed by atoms with Gasteiger partial charge in [-0.3, -0.25) is 9.59 Å². The first kappa shape index (κ1) is 23.6. The first-order valence-corrected chi connectivity index (χ1v) is 12.1. The van der Waals surface area contributed by atoms with Crippen LogP contribution in [0.1, 0.15) is 27.9 Å². The van der Waals surface area contributed by atoms with Crippen molar-refractivity contribution in [3.63, 3.8) is 0 Å². The van der Waals surface area contributed by atoms with Gasteiger partial charge in [0.2, 0.25) is 0 Å². The van der Waals surface area contributed by atoms with Crippen molar-refractivity contribution in [1.29, 1.82) is 5.26 Å². The summed E-state index contributed by atoms with van der Waals surface area (Å²) in [5, 5.41) is 15.3. The fourth-order valence-corrected chi connectivity index (χ4v) is 5.50. The van der Waals surface area contributed by atoms with Crippen LogP contribution in [0.4, 0.5) is 4.39 Å². The second kappa shape index (κ2) is 9.50. The summed E-state index contributed by atoms with van der Waals surface area (Å²) in [6.45, 7) is 3.20. The molecule has 3 aliphatic rings. The van der Waals surface area contributed by atoms with E-state index in [9.17, 15) is 14.9 Å². The van der Waals surface area contributed by atoms with Gasteiger partial charge in [-0.1, -0.05) is 30.3 Å². The highest BCUT2D eigenvalue weighted by molar-refractivity contribution is 6.06. The Labute approximate surface area is 204 Å². The largest absolute Gasteiger partial charge is 0.367 e. The summed E-state index contributed by atoms with van der Waals surface area (Å²) < 4.78 is 20.6. The average Bonchev–Trinajstić information content (AvgIpc) is 2.99. The Morgan fingerprint density at radius 3 is 2.83 bits per heavy atom. The number of carbonyl (C=O) groups excluding carboxylic acids is 2. The van der Waals surface area contributed by atoms with Crippen LogP contribution in [-0.4, -0.2) is 68.6 Å². The number of nitrogens with zero attached hydrogens (tertiary/aromatic N) is 2. The Morgan fingerprint density at radius 2 is 2.09 bits per heavy atom. The number of ketones is 1. The molecule has 2 atom stereocenters. The normalized spacial score (nSPS) is 22.1. The highest BCUT2D eigenvalue weighted by Crippen LogP contribution is 2.44. The van der Waals surface area contributed by atoms with E-state index in [2.05, 4.69) is 21.6 Å². The summed E-state index contributed by atoms with van der Waals surface area (Å²) in [6, 6.07) is 11.8.